The Bertz CT molecular complexity index is 593. The topological polar surface area (TPSA) is 55.8 Å². The minimum atomic E-state index is -0.431. The molecule has 1 aromatic carbocycles. The van der Waals surface area contributed by atoms with Gasteiger partial charge in [0.25, 0.3) is 0 Å². The van der Waals surface area contributed by atoms with Crippen LogP contribution in [0.5, 0.6) is 0 Å². The van der Waals surface area contributed by atoms with Crippen molar-refractivity contribution in [3.05, 3.63) is 33.8 Å². The average Bonchev–Trinajstić information content (AvgIpc) is 2.44. The molecule has 7 heteroatoms. The van der Waals surface area contributed by atoms with Gasteiger partial charge in [-0.05, 0) is 24.1 Å². The minimum absolute atomic E-state index is 0.234. The second-order valence-corrected chi connectivity index (χ2v) is 6.35. The molecule has 126 valence electrons. The zero-order valence-corrected chi connectivity index (χ0v) is 14.6. The molecule has 23 heavy (non-hydrogen) atoms. The van der Waals surface area contributed by atoms with Crippen molar-refractivity contribution in [1.29, 1.82) is 0 Å². The van der Waals surface area contributed by atoms with Crippen LogP contribution in [0.2, 0.25) is 10.0 Å². The monoisotopic (exact) mass is 359 g/mol. The van der Waals surface area contributed by atoms with Gasteiger partial charge in [0, 0.05) is 33.4 Å². The number of piperidine rings is 1. The minimum Gasteiger partial charge on any atom is -0.462 e. The third-order valence-corrected chi connectivity index (χ3v) is 4.35. The van der Waals surface area contributed by atoms with Crippen molar-refractivity contribution in [2.45, 2.75) is 45.6 Å². The lowest BCUT2D eigenvalue weighted by molar-refractivity contribution is -0.171. The van der Waals surface area contributed by atoms with Crippen LogP contribution in [0, 0.1) is 0 Å². The predicted octanol–water partition coefficient (Wildman–Crippen LogP) is 3.41. The van der Waals surface area contributed by atoms with Gasteiger partial charge in [-0.2, -0.15) is 0 Å². The molecule has 2 atom stereocenters. The molecule has 0 bridgehead atoms. The summed E-state index contributed by atoms with van der Waals surface area (Å²) in [6, 6.07) is 5.43. The maximum Gasteiger partial charge on any atom is 0.304 e. The quantitative estimate of drug-likeness (QED) is 0.771. The summed E-state index contributed by atoms with van der Waals surface area (Å²) in [5.41, 5.74) is 0.975. The molecule has 0 aromatic heterocycles. The molecule has 0 radical (unpaired) electrons. The van der Waals surface area contributed by atoms with E-state index < -0.39 is 6.23 Å². The van der Waals surface area contributed by atoms with Crippen LogP contribution in [0.25, 0.3) is 0 Å². The highest BCUT2D eigenvalue weighted by Gasteiger charge is 2.32. The van der Waals surface area contributed by atoms with Gasteiger partial charge in [-0.15, -0.1) is 0 Å². The summed E-state index contributed by atoms with van der Waals surface area (Å²) in [7, 11) is 0. The van der Waals surface area contributed by atoms with Crippen LogP contribution in [0.15, 0.2) is 18.2 Å². The predicted molar refractivity (Wildman–Crippen MR) is 87.2 cm³/mol. The molecule has 2 unspecified atom stereocenters. The summed E-state index contributed by atoms with van der Waals surface area (Å²) in [4.78, 5) is 24.5. The highest BCUT2D eigenvalue weighted by atomic mass is 35.5. The number of hydrogen-bond donors (Lipinski definition) is 0. The summed E-state index contributed by atoms with van der Waals surface area (Å²) >= 11 is 12.0. The Morgan fingerprint density at radius 2 is 1.87 bits per heavy atom. The van der Waals surface area contributed by atoms with Crippen LogP contribution >= 0.6 is 23.2 Å². The smallest absolute Gasteiger partial charge is 0.304 e. The van der Waals surface area contributed by atoms with Gasteiger partial charge in [-0.1, -0.05) is 29.3 Å². The second-order valence-electron chi connectivity index (χ2n) is 5.54. The number of nitrogens with zero attached hydrogens (tertiary/aromatic N) is 1. The molecule has 2 rings (SSSR count). The Hall–Kier alpha value is -1.30. The van der Waals surface area contributed by atoms with E-state index in [4.69, 9.17) is 32.7 Å². The second kappa shape index (κ2) is 7.99. The van der Waals surface area contributed by atoms with Gasteiger partial charge >= 0.3 is 11.9 Å². The third-order valence-electron chi connectivity index (χ3n) is 3.61. The van der Waals surface area contributed by atoms with Crippen molar-refractivity contribution in [3.8, 4) is 0 Å². The molecular formula is C16H19Cl2NO4. The first kappa shape index (κ1) is 18.0. The van der Waals surface area contributed by atoms with Crippen LogP contribution in [0.1, 0.15) is 32.3 Å². The number of ether oxygens (including phenoxy) is 2. The van der Waals surface area contributed by atoms with Gasteiger partial charge in [-0.25, -0.2) is 0 Å². The van der Waals surface area contributed by atoms with Gasteiger partial charge < -0.3 is 9.47 Å². The Labute approximate surface area is 145 Å². The SMILES string of the molecule is CC(=O)OC1CCN(Cc2ccc(Cl)c(Cl)c2)C(OC(C)=O)C1. The molecule has 0 N–H and O–H groups in total. The lowest BCUT2D eigenvalue weighted by Crippen LogP contribution is -2.46. The normalized spacial score (nSPS) is 21.7. The van der Waals surface area contributed by atoms with Crippen molar-refractivity contribution in [2.24, 2.45) is 0 Å². The van der Waals surface area contributed by atoms with E-state index in [1.54, 1.807) is 12.1 Å². The fraction of sp³-hybridized carbons (Fsp3) is 0.500. The van der Waals surface area contributed by atoms with Crippen LogP contribution in [0.4, 0.5) is 0 Å². The lowest BCUT2D eigenvalue weighted by Gasteiger charge is -2.38. The Morgan fingerprint density at radius 3 is 2.48 bits per heavy atom. The number of carbonyl (C=O) groups is 2. The molecule has 1 aliphatic rings. The van der Waals surface area contributed by atoms with Crippen LogP contribution in [0.3, 0.4) is 0 Å². The van der Waals surface area contributed by atoms with Crippen LogP contribution in [-0.2, 0) is 25.6 Å². The van der Waals surface area contributed by atoms with Crippen molar-refractivity contribution < 1.29 is 19.1 Å². The van der Waals surface area contributed by atoms with Gasteiger partial charge in [0.05, 0.1) is 10.0 Å². The molecular weight excluding hydrogens is 341 g/mol. The van der Waals surface area contributed by atoms with E-state index in [1.807, 2.05) is 11.0 Å². The molecule has 1 saturated heterocycles. The molecule has 1 heterocycles. The van der Waals surface area contributed by atoms with E-state index in [0.717, 1.165) is 5.56 Å². The molecule has 5 nitrogen and oxygen atoms in total. The molecule has 0 aliphatic carbocycles. The Balaban J connectivity index is 2.07. The molecule has 0 amide bonds. The van der Waals surface area contributed by atoms with E-state index >= 15 is 0 Å². The number of halogens is 2. The van der Waals surface area contributed by atoms with E-state index in [-0.39, 0.29) is 18.0 Å². The average molecular weight is 360 g/mol. The maximum atomic E-state index is 11.3. The van der Waals surface area contributed by atoms with Crippen molar-refractivity contribution in [2.75, 3.05) is 6.54 Å². The number of esters is 2. The molecule has 0 spiro atoms. The standard InChI is InChI=1S/C16H19Cl2NO4/c1-10(20)22-13-5-6-19(16(8-13)23-11(2)21)9-12-3-4-14(17)15(18)7-12/h3-4,7,13,16H,5-6,8-9H2,1-2H3. The fourth-order valence-electron chi connectivity index (χ4n) is 2.65. The number of likely N-dealkylation sites (tertiary alicyclic amines) is 1. The molecule has 1 fully saturated rings. The van der Waals surface area contributed by atoms with Crippen LogP contribution in [-0.4, -0.2) is 35.7 Å². The number of benzene rings is 1. The Kier molecular flexibility index (Phi) is 6.27. The van der Waals surface area contributed by atoms with Crippen molar-refractivity contribution in [1.82, 2.24) is 4.90 Å². The van der Waals surface area contributed by atoms with Crippen molar-refractivity contribution >= 4 is 35.1 Å². The molecule has 0 saturated carbocycles. The summed E-state index contributed by atoms with van der Waals surface area (Å²) in [6.45, 7) is 3.97. The zero-order valence-electron chi connectivity index (χ0n) is 13.1. The van der Waals surface area contributed by atoms with E-state index in [0.29, 0.717) is 36.0 Å². The van der Waals surface area contributed by atoms with Gasteiger partial charge in [0.2, 0.25) is 0 Å². The summed E-state index contributed by atoms with van der Waals surface area (Å²) in [5.74, 6) is -0.688. The maximum absolute atomic E-state index is 11.3. The third kappa shape index (κ3) is 5.37. The first-order valence-electron chi connectivity index (χ1n) is 7.37. The van der Waals surface area contributed by atoms with Crippen LogP contribution < -0.4 is 0 Å². The highest BCUT2D eigenvalue weighted by Crippen LogP contribution is 2.26. The van der Waals surface area contributed by atoms with Gasteiger partial charge in [0.15, 0.2) is 6.23 Å². The van der Waals surface area contributed by atoms with Gasteiger partial charge in [0.1, 0.15) is 6.10 Å². The fourth-order valence-corrected chi connectivity index (χ4v) is 2.98. The Morgan fingerprint density at radius 1 is 1.17 bits per heavy atom. The zero-order chi connectivity index (χ0) is 17.0. The number of carbonyl (C=O) groups excluding carboxylic acids is 2. The number of rotatable bonds is 4. The van der Waals surface area contributed by atoms with E-state index in [1.165, 1.54) is 13.8 Å². The van der Waals surface area contributed by atoms with E-state index in [9.17, 15) is 9.59 Å². The lowest BCUT2D eigenvalue weighted by atomic mass is 10.0. The first-order valence-corrected chi connectivity index (χ1v) is 8.13. The largest absolute Gasteiger partial charge is 0.462 e. The first-order chi connectivity index (χ1) is 10.8. The summed E-state index contributed by atoms with van der Waals surface area (Å²) in [5, 5.41) is 0.989. The van der Waals surface area contributed by atoms with Crippen molar-refractivity contribution in [3.63, 3.8) is 0 Å². The summed E-state index contributed by atoms with van der Waals surface area (Å²) < 4.78 is 10.6. The molecule has 1 aromatic rings. The van der Waals surface area contributed by atoms with E-state index in [2.05, 4.69) is 0 Å². The number of hydrogen-bond acceptors (Lipinski definition) is 5. The summed E-state index contributed by atoms with van der Waals surface area (Å²) in [6.07, 6.45) is 0.487. The molecule has 1 aliphatic heterocycles. The highest BCUT2D eigenvalue weighted by molar-refractivity contribution is 6.42. The van der Waals surface area contributed by atoms with Gasteiger partial charge in [-0.3, -0.25) is 14.5 Å².